The number of nitrogens with zero attached hydrogens (tertiary/aromatic N) is 1. The van der Waals surface area contributed by atoms with Crippen molar-refractivity contribution in [1.29, 1.82) is 0 Å². The van der Waals surface area contributed by atoms with Gasteiger partial charge in [0.05, 0.1) is 6.42 Å². The summed E-state index contributed by atoms with van der Waals surface area (Å²) in [7, 11) is 0. The Morgan fingerprint density at radius 3 is 2.88 bits per heavy atom. The normalized spacial score (nSPS) is 14.6. The average Bonchev–Trinajstić information content (AvgIpc) is 2.27. The molecule has 17 heavy (non-hydrogen) atoms. The average molecular weight is 237 g/mol. The standard InChI is InChI=1S/C12H12FNO3/c13-9-2-3-10-8(7-9)1-4-11(15)14(10)6-5-12(16)17/h2-3,7H,1,4-6H2,(H,16,17). The maximum absolute atomic E-state index is 13.0. The molecular formula is C12H12FNO3. The number of halogens is 1. The van der Waals surface area contributed by atoms with Gasteiger partial charge in [-0.25, -0.2) is 4.39 Å². The van der Waals surface area contributed by atoms with Crippen molar-refractivity contribution < 1.29 is 19.1 Å². The Bertz CT molecular complexity index is 473. The number of aliphatic carboxylic acids is 1. The van der Waals surface area contributed by atoms with Gasteiger partial charge in [0.1, 0.15) is 5.82 Å². The highest BCUT2D eigenvalue weighted by molar-refractivity contribution is 5.96. The number of hydrogen-bond acceptors (Lipinski definition) is 2. The Morgan fingerprint density at radius 2 is 2.18 bits per heavy atom. The predicted octanol–water partition coefficient (Wildman–Crippen LogP) is 1.58. The molecule has 0 aromatic heterocycles. The SMILES string of the molecule is O=C(O)CCN1C(=O)CCc2cc(F)ccc21. The molecule has 1 heterocycles. The maximum Gasteiger partial charge on any atom is 0.305 e. The van der Waals surface area contributed by atoms with Crippen molar-refractivity contribution in [3.63, 3.8) is 0 Å². The van der Waals surface area contributed by atoms with E-state index in [1.165, 1.54) is 23.1 Å². The first kappa shape index (κ1) is 11.6. The molecule has 0 aliphatic carbocycles. The van der Waals surface area contributed by atoms with Gasteiger partial charge in [-0.15, -0.1) is 0 Å². The third kappa shape index (κ3) is 2.43. The minimum absolute atomic E-state index is 0.106. The lowest BCUT2D eigenvalue weighted by Crippen LogP contribution is -2.36. The van der Waals surface area contributed by atoms with Crippen LogP contribution in [0.15, 0.2) is 18.2 Å². The number of carbonyl (C=O) groups excluding carboxylic acids is 1. The van der Waals surface area contributed by atoms with E-state index in [1.807, 2.05) is 0 Å². The summed E-state index contributed by atoms with van der Waals surface area (Å²) in [4.78, 5) is 23.6. The number of carbonyl (C=O) groups is 2. The first-order valence-electron chi connectivity index (χ1n) is 5.38. The van der Waals surface area contributed by atoms with Crippen molar-refractivity contribution in [2.24, 2.45) is 0 Å². The van der Waals surface area contributed by atoms with E-state index in [0.29, 0.717) is 18.5 Å². The number of rotatable bonds is 3. The Kier molecular flexibility index (Phi) is 3.08. The quantitative estimate of drug-likeness (QED) is 0.868. The van der Waals surface area contributed by atoms with Gasteiger partial charge in [-0.05, 0) is 30.2 Å². The zero-order chi connectivity index (χ0) is 12.4. The molecule has 0 spiro atoms. The van der Waals surface area contributed by atoms with Gasteiger partial charge in [0, 0.05) is 18.7 Å². The molecule has 0 fully saturated rings. The number of carboxylic acid groups (broad SMARTS) is 1. The van der Waals surface area contributed by atoms with Crippen LogP contribution in [0.3, 0.4) is 0 Å². The summed E-state index contributed by atoms with van der Waals surface area (Å²) in [5, 5.41) is 8.62. The topological polar surface area (TPSA) is 57.6 Å². The molecule has 4 nitrogen and oxygen atoms in total. The molecule has 0 atom stereocenters. The molecular weight excluding hydrogens is 225 g/mol. The van der Waals surface area contributed by atoms with E-state index in [2.05, 4.69) is 0 Å². The Hall–Kier alpha value is -1.91. The molecule has 5 heteroatoms. The number of carboxylic acids is 1. The Morgan fingerprint density at radius 1 is 1.41 bits per heavy atom. The predicted molar refractivity (Wildman–Crippen MR) is 59.3 cm³/mol. The van der Waals surface area contributed by atoms with Crippen LogP contribution in [0.25, 0.3) is 0 Å². The summed E-state index contributed by atoms with van der Waals surface area (Å²) < 4.78 is 13.0. The zero-order valence-electron chi connectivity index (χ0n) is 9.15. The van der Waals surface area contributed by atoms with Crippen LogP contribution in [0.2, 0.25) is 0 Å². The van der Waals surface area contributed by atoms with Crippen molar-refractivity contribution in [3.05, 3.63) is 29.6 Å². The highest BCUT2D eigenvalue weighted by Gasteiger charge is 2.24. The van der Waals surface area contributed by atoms with E-state index >= 15 is 0 Å². The number of amides is 1. The summed E-state index contributed by atoms with van der Waals surface area (Å²) in [6.07, 6.45) is 0.703. The Balaban J connectivity index is 2.27. The van der Waals surface area contributed by atoms with E-state index in [-0.39, 0.29) is 24.7 Å². The van der Waals surface area contributed by atoms with Crippen molar-refractivity contribution in [2.45, 2.75) is 19.3 Å². The fourth-order valence-corrected chi connectivity index (χ4v) is 1.98. The van der Waals surface area contributed by atoms with E-state index < -0.39 is 5.97 Å². The van der Waals surface area contributed by atoms with E-state index in [9.17, 15) is 14.0 Å². The molecule has 0 saturated carbocycles. The van der Waals surface area contributed by atoms with Gasteiger partial charge in [0.15, 0.2) is 0 Å². The first-order valence-corrected chi connectivity index (χ1v) is 5.38. The second-order valence-corrected chi connectivity index (χ2v) is 3.96. The van der Waals surface area contributed by atoms with E-state index in [1.54, 1.807) is 0 Å². The minimum Gasteiger partial charge on any atom is -0.481 e. The molecule has 0 saturated heterocycles. The molecule has 0 bridgehead atoms. The lowest BCUT2D eigenvalue weighted by Gasteiger charge is -2.29. The van der Waals surface area contributed by atoms with Crippen molar-refractivity contribution in [1.82, 2.24) is 0 Å². The van der Waals surface area contributed by atoms with E-state index in [0.717, 1.165) is 5.56 Å². The van der Waals surface area contributed by atoms with Crippen LogP contribution in [0.1, 0.15) is 18.4 Å². The molecule has 0 radical (unpaired) electrons. The summed E-state index contributed by atoms with van der Waals surface area (Å²) in [5.41, 5.74) is 1.39. The third-order valence-electron chi connectivity index (χ3n) is 2.79. The van der Waals surface area contributed by atoms with Gasteiger partial charge in [-0.2, -0.15) is 0 Å². The summed E-state index contributed by atoms with van der Waals surface area (Å²) in [5.74, 6) is -1.39. The van der Waals surface area contributed by atoms with Crippen LogP contribution in [0, 0.1) is 5.82 Å². The smallest absolute Gasteiger partial charge is 0.305 e. The second kappa shape index (κ2) is 4.53. The lowest BCUT2D eigenvalue weighted by atomic mass is 10.0. The number of fused-ring (bicyclic) bond motifs is 1. The van der Waals surface area contributed by atoms with Crippen molar-refractivity contribution in [2.75, 3.05) is 11.4 Å². The molecule has 1 aliphatic rings. The van der Waals surface area contributed by atoms with Crippen LogP contribution >= 0.6 is 0 Å². The van der Waals surface area contributed by atoms with Crippen molar-refractivity contribution >= 4 is 17.6 Å². The van der Waals surface area contributed by atoms with Crippen LogP contribution in [0.4, 0.5) is 10.1 Å². The van der Waals surface area contributed by atoms with E-state index in [4.69, 9.17) is 5.11 Å². The Labute approximate surface area is 97.7 Å². The van der Waals surface area contributed by atoms with Crippen molar-refractivity contribution in [3.8, 4) is 0 Å². The summed E-state index contributed by atoms with van der Waals surface area (Å²) in [6.45, 7) is 0.132. The summed E-state index contributed by atoms with van der Waals surface area (Å²) >= 11 is 0. The number of aryl methyl sites for hydroxylation is 1. The monoisotopic (exact) mass is 237 g/mol. The number of benzene rings is 1. The zero-order valence-corrected chi connectivity index (χ0v) is 9.15. The van der Waals surface area contributed by atoms with Crippen LogP contribution in [-0.2, 0) is 16.0 Å². The highest BCUT2D eigenvalue weighted by atomic mass is 19.1. The lowest BCUT2D eigenvalue weighted by molar-refractivity contribution is -0.136. The fraction of sp³-hybridized carbons (Fsp3) is 0.333. The molecule has 1 aromatic rings. The molecule has 0 unspecified atom stereocenters. The fourth-order valence-electron chi connectivity index (χ4n) is 1.98. The summed E-state index contributed by atoms with van der Waals surface area (Å²) in [6, 6.07) is 4.21. The van der Waals surface area contributed by atoms with Gasteiger partial charge < -0.3 is 10.0 Å². The largest absolute Gasteiger partial charge is 0.481 e. The first-order chi connectivity index (χ1) is 8.08. The number of anilines is 1. The van der Waals surface area contributed by atoms with Gasteiger partial charge in [-0.1, -0.05) is 0 Å². The van der Waals surface area contributed by atoms with Gasteiger partial charge in [0.2, 0.25) is 5.91 Å². The van der Waals surface area contributed by atoms with Crippen LogP contribution in [-0.4, -0.2) is 23.5 Å². The van der Waals surface area contributed by atoms with Gasteiger partial charge >= 0.3 is 5.97 Å². The van der Waals surface area contributed by atoms with Crippen LogP contribution < -0.4 is 4.90 Å². The van der Waals surface area contributed by atoms with Crippen LogP contribution in [0.5, 0.6) is 0 Å². The molecule has 1 aliphatic heterocycles. The third-order valence-corrected chi connectivity index (χ3v) is 2.79. The molecule has 1 amide bonds. The van der Waals surface area contributed by atoms with Gasteiger partial charge in [0.25, 0.3) is 0 Å². The highest BCUT2D eigenvalue weighted by Crippen LogP contribution is 2.28. The molecule has 90 valence electrons. The second-order valence-electron chi connectivity index (χ2n) is 3.96. The molecule has 2 rings (SSSR count). The molecule has 1 N–H and O–H groups in total. The molecule has 1 aromatic carbocycles. The minimum atomic E-state index is -0.952. The maximum atomic E-state index is 13.0. The van der Waals surface area contributed by atoms with Gasteiger partial charge in [-0.3, -0.25) is 9.59 Å². The number of hydrogen-bond donors (Lipinski definition) is 1.